The Labute approximate surface area is 143 Å². The van der Waals surface area contributed by atoms with Gasteiger partial charge in [-0.1, -0.05) is 38.1 Å². The van der Waals surface area contributed by atoms with Gasteiger partial charge in [-0.05, 0) is 30.0 Å². The largest absolute Gasteiger partial charge is 0.490 e. The first-order valence-electron chi connectivity index (χ1n) is 8.04. The maximum Gasteiger partial charge on any atom is 0.162 e. The maximum absolute atomic E-state index is 5.91. The van der Waals surface area contributed by atoms with E-state index < -0.39 is 0 Å². The van der Waals surface area contributed by atoms with Gasteiger partial charge in [0.25, 0.3) is 0 Å². The van der Waals surface area contributed by atoms with Crippen LogP contribution in [-0.2, 0) is 10.3 Å². The van der Waals surface area contributed by atoms with Crippen molar-refractivity contribution in [1.82, 2.24) is 9.55 Å². The molecular weight excluding hydrogens is 304 g/mol. The van der Waals surface area contributed by atoms with Crippen LogP contribution in [0, 0.1) is 0 Å². The molecule has 0 fully saturated rings. The molecule has 0 spiro atoms. The molecule has 1 aromatic carbocycles. The summed E-state index contributed by atoms with van der Waals surface area (Å²) < 4.78 is 7.56. The van der Waals surface area contributed by atoms with Crippen molar-refractivity contribution in [3.05, 3.63) is 48.5 Å². The Hall–Kier alpha value is -2.50. The van der Waals surface area contributed by atoms with Gasteiger partial charge in [-0.2, -0.15) is 0 Å². The minimum Gasteiger partial charge on any atom is -0.490 e. The molecule has 1 unspecified atom stereocenters. The highest BCUT2D eigenvalue weighted by Crippen LogP contribution is 2.25. The zero-order valence-corrected chi connectivity index (χ0v) is 14.8. The van der Waals surface area contributed by atoms with Crippen molar-refractivity contribution in [2.24, 2.45) is 10.9 Å². The number of benzene rings is 1. The topological polar surface area (TPSA) is 74.7 Å². The third-order valence-electron chi connectivity index (χ3n) is 3.71. The molecule has 0 amide bonds. The third kappa shape index (κ3) is 5.01. The van der Waals surface area contributed by atoms with E-state index in [2.05, 4.69) is 43.0 Å². The van der Waals surface area contributed by atoms with Crippen LogP contribution in [0.1, 0.15) is 39.3 Å². The van der Waals surface area contributed by atoms with Crippen LogP contribution in [0.25, 0.3) is 0 Å². The Morgan fingerprint density at radius 1 is 1.33 bits per heavy atom. The summed E-state index contributed by atoms with van der Waals surface area (Å²) in [5.41, 5.74) is 7.23. The Morgan fingerprint density at radius 2 is 2.12 bits per heavy atom. The molecule has 0 aliphatic heterocycles. The molecule has 1 aromatic heterocycles. The molecule has 2 rings (SSSR count). The van der Waals surface area contributed by atoms with Crippen LogP contribution in [0.5, 0.6) is 5.75 Å². The second-order valence-electron chi connectivity index (χ2n) is 6.66. The normalized spacial score (nSPS) is 13.6. The van der Waals surface area contributed by atoms with Crippen molar-refractivity contribution in [2.75, 3.05) is 13.2 Å². The molecule has 0 radical (unpaired) electrons. The van der Waals surface area contributed by atoms with E-state index in [0.29, 0.717) is 19.0 Å². The standard InChI is InChI=1S/C18H26N4O2/c1-14(22-9-8-20-13-22)17(19)21-24-11-10-23-16-7-5-6-15(12-16)18(2,3)4/h5-9,12-14H,10-11H2,1-4H3,(H2,19,21). The highest BCUT2D eigenvalue weighted by molar-refractivity contribution is 5.83. The van der Waals surface area contributed by atoms with Gasteiger partial charge in [0.2, 0.25) is 0 Å². The number of rotatable bonds is 7. The lowest BCUT2D eigenvalue weighted by molar-refractivity contribution is 0.106. The maximum atomic E-state index is 5.91. The molecule has 0 saturated carbocycles. The summed E-state index contributed by atoms with van der Waals surface area (Å²) in [6, 6.07) is 8.00. The average molecular weight is 330 g/mol. The van der Waals surface area contributed by atoms with Gasteiger partial charge in [-0.3, -0.25) is 0 Å². The summed E-state index contributed by atoms with van der Waals surface area (Å²) >= 11 is 0. The van der Waals surface area contributed by atoms with Gasteiger partial charge in [-0.25, -0.2) is 4.98 Å². The first kappa shape index (κ1) is 17.8. The van der Waals surface area contributed by atoms with E-state index in [4.69, 9.17) is 15.3 Å². The quantitative estimate of drug-likeness (QED) is 0.366. The van der Waals surface area contributed by atoms with E-state index in [1.54, 1.807) is 12.5 Å². The molecule has 0 aliphatic rings. The van der Waals surface area contributed by atoms with Gasteiger partial charge in [0.1, 0.15) is 12.4 Å². The molecule has 6 heteroatoms. The fraction of sp³-hybridized carbons (Fsp3) is 0.444. The average Bonchev–Trinajstić information content (AvgIpc) is 3.07. The minimum absolute atomic E-state index is 0.0953. The highest BCUT2D eigenvalue weighted by atomic mass is 16.6. The number of nitrogens with two attached hydrogens (primary N) is 1. The van der Waals surface area contributed by atoms with Crippen molar-refractivity contribution in [2.45, 2.75) is 39.2 Å². The molecule has 130 valence electrons. The van der Waals surface area contributed by atoms with E-state index in [9.17, 15) is 0 Å². The second-order valence-corrected chi connectivity index (χ2v) is 6.66. The fourth-order valence-corrected chi connectivity index (χ4v) is 2.10. The number of ether oxygens (including phenoxy) is 1. The van der Waals surface area contributed by atoms with Gasteiger partial charge in [0.05, 0.1) is 12.4 Å². The molecule has 24 heavy (non-hydrogen) atoms. The summed E-state index contributed by atoms with van der Waals surface area (Å²) in [5.74, 6) is 1.22. The molecular formula is C18H26N4O2. The summed E-state index contributed by atoms with van der Waals surface area (Å²) in [6.45, 7) is 9.19. The van der Waals surface area contributed by atoms with E-state index in [1.165, 1.54) is 5.56 Å². The number of hydrogen-bond acceptors (Lipinski definition) is 4. The number of hydrogen-bond donors (Lipinski definition) is 1. The van der Waals surface area contributed by atoms with Crippen molar-refractivity contribution in [3.8, 4) is 5.75 Å². The van der Waals surface area contributed by atoms with Gasteiger partial charge in [0.15, 0.2) is 12.4 Å². The van der Waals surface area contributed by atoms with Gasteiger partial charge in [-0.15, -0.1) is 0 Å². The van der Waals surface area contributed by atoms with E-state index in [1.807, 2.05) is 29.8 Å². The van der Waals surface area contributed by atoms with Crippen molar-refractivity contribution in [1.29, 1.82) is 0 Å². The van der Waals surface area contributed by atoms with Gasteiger partial charge < -0.3 is 19.9 Å². The van der Waals surface area contributed by atoms with E-state index in [0.717, 1.165) is 5.75 Å². The summed E-state index contributed by atoms with van der Waals surface area (Å²) in [6.07, 6.45) is 5.22. The molecule has 0 saturated heterocycles. The first-order chi connectivity index (χ1) is 11.4. The number of amidine groups is 1. The summed E-state index contributed by atoms with van der Waals surface area (Å²) in [4.78, 5) is 9.22. The van der Waals surface area contributed by atoms with Crippen LogP contribution in [-0.4, -0.2) is 28.6 Å². The smallest absolute Gasteiger partial charge is 0.162 e. The Bertz CT molecular complexity index is 660. The Balaban J connectivity index is 1.78. The van der Waals surface area contributed by atoms with Crippen LogP contribution in [0.3, 0.4) is 0 Å². The molecule has 0 aliphatic carbocycles. The zero-order chi connectivity index (χ0) is 17.6. The van der Waals surface area contributed by atoms with Crippen LogP contribution in [0.4, 0.5) is 0 Å². The predicted octanol–water partition coefficient (Wildman–Crippen LogP) is 3.11. The molecule has 2 N–H and O–H groups in total. The SMILES string of the molecule is CC(/C(N)=N/OCCOc1cccc(C(C)(C)C)c1)n1ccnc1. The second kappa shape index (κ2) is 7.86. The van der Waals surface area contributed by atoms with Crippen LogP contribution >= 0.6 is 0 Å². The molecule has 1 heterocycles. The Morgan fingerprint density at radius 3 is 2.79 bits per heavy atom. The lowest BCUT2D eigenvalue weighted by Gasteiger charge is -2.19. The Kier molecular flexibility index (Phi) is 5.84. The summed E-state index contributed by atoms with van der Waals surface area (Å²) in [5, 5.41) is 3.93. The van der Waals surface area contributed by atoms with Crippen molar-refractivity contribution in [3.63, 3.8) is 0 Å². The zero-order valence-electron chi connectivity index (χ0n) is 14.8. The summed E-state index contributed by atoms with van der Waals surface area (Å²) in [7, 11) is 0. The fourth-order valence-electron chi connectivity index (χ4n) is 2.10. The third-order valence-corrected chi connectivity index (χ3v) is 3.71. The minimum atomic E-state index is -0.100. The first-order valence-corrected chi connectivity index (χ1v) is 8.04. The van der Waals surface area contributed by atoms with Crippen LogP contribution < -0.4 is 10.5 Å². The molecule has 6 nitrogen and oxygen atoms in total. The molecule has 1 atom stereocenters. The number of oxime groups is 1. The van der Waals surface area contributed by atoms with E-state index in [-0.39, 0.29) is 11.5 Å². The van der Waals surface area contributed by atoms with Crippen LogP contribution in [0.15, 0.2) is 48.1 Å². The van der Waals surface area contributed by atoms with Crippen molar-refractivity contribution >= 4 is 5.84 Å². The van der Waals surface area contributed by atoms with Gasteiger partial charge >= 0.3 is 0 Å². The number of nitrogens with zero attached hydrogens (tertiary/aromatic N) is 3. The highest BCUT2D eigenvalue weighted by Gasteiger charge is 2.13. The lowest BCUT2D eigenvalue weighted by Crippen LogP contribution is -2.24. The van der Waals surface area contributed by atoms with Crippen molar-refractivity contribution < 1.29 is 9.57 Å². The number of aromatic nitrogens is 2. The van der Waals surface area contributed by atoms with Crippen LogP contribution in [0.2, 0.25) is 0 Å². The monoisotopic (exact) mass is 330 g/mol. The predicted molar refractivity (Wildman–Crippen MR) is 95.1 cm³/mol. The molecule has 2 aromatic rings. The number of imidazole rings is 1. The van der Waals surface area contributed by atoms with E-state index >= 15 is 0 Å². The van der Waals surface area contributed by atoms with Gasteiger partial charge in [0, 0.05) is 12.4 Å². The lowest BCUT2D eigenvalue weighted by atomic mass is 9.87. The molecule has 0 bridgehead atoms.